The standard InChI is InChI=1S/C14H29NO/c1-6-11(7-2)13(16)10-15-8-12(9-15)14(3,4)5/h11-13,16H,6-10H2,1-5H3. The lowest BCUT2D eigenvalue weighted by Gasteiger charge is -2.47. The van der Waals surface area contributed by atoms with Gasteiger partial charge in [-0.1, -0.05) is 47.5 Å². The van der Waals surface area contributed by atoms with Crippen molar-refractivity contribution in [3.05, 3.63) is 0 Å². The molecule has 0 saturated carbocycles. The zero-order valence-corrected chi connectivity index (χ0v) is 11.7. The van der Waals surface area contributed by atoms with Gasteiger partial charge in [-0.25, -0.2) is 0 Å². The number of rotatable bonds is 5. The first-order valence-corrected chi connectivity index (χ1v) is 6.78. The Morgan fingerprint density at radius 3 is 2.06 bits per heavy atom. The van der Waals surface area contributed by atoms with E-state index in [2.05, 4.69) is 39.5 Å². The molecule has 0 aromatic heterocycles. The molecule has 0 aliphatic carbocycles. The fourth-order valence-corrected chi connectivity index (χ4v) is 2.51. The lowest BCUT2D eigenvalue weighted by Crippen LogP contribution is -2.54. The minimum absolute atomic E-state index is 0.129. The van der Waals surface area contributed by atoms with Crippen LogP contribution >= 0.6 is 0 Å². The van der Waals surface area contributed by atoms with Crippen LogP contribution in [-0.2, 0) is 0 Å². The third-order valence-electron chi connectivity index (χ3n) is 4.22. The van der Waals surface area contributed by atoms with Gasteiger partial charge in [-0.2, -0.15) is 0 Å². The number of aliphatic hydroxyl groups is 1. The van der Waals surface area contributed by atoms with Gasteiger partial charge in [-0.15, -0.1) is 0 Å². The molecule has 1 aliphatic heterocycles. The first kappa shape index (κ1) is 14.0. The summed E-state index contributed by atoms with van der Waals surface area (Å²) in [4.78, 5) is 2.40. The number of hydrogen-bond donors (Lipinski definition) is 1. The molecule has 1 fully saturated rings. The van der Waals surface area contributed by atoms with Crippen molar-refractivity contribution >= 4 is 0 Å². The molecule has 1 heterocycles. The summed E-state index contributed by atoms with van der Waals surface area (Å²) in [6.07, 6.45) is 2.05. The van der Waals surface area contributed by atoms with Gasteiger partial charge in [0.2, 0.25) is 0 Å². The summed E-state index contributed by atoms with van der Waals surface area (Å²) in [6, 6.07) is 0. The summed E-state index contributed by atoms with van der Waals surface area (Å²) >= 11 is 0. The van der Waals surface area contributed by atoms with Crippen molar-refractivity contribution in [2.24, 2.45) is 17.3 Å². The Morgan fingerprint density at radius 1 is 1.19 bits per heavy atom. The smallest absolute Gasteiger partial charge is 0.0695 e. The number of hydrogen-bond acceptors (Lipinski definition) is 2. The second kappa shape index (κ2) is 5.50. The summed E-state index contributed by atoms with van der Waals surface area (Å²) in [5, 5.41) is 10.1. The highest BCUT2D eigenvalue weighted by Gasteiger charge is 2.36. The SMILES string of the molecule is CCC(CC)C(O)CN1CC(C(C)(C)C)C1. The van der Waals surface area contributed by atoms with Gasteiger partial charge in [-0.3, -0.25) is 0 Å². The third kappa shape index (κ3) is 3.46. The molecule has 1 atom stereocenters. The normalized spacial score (nSPS) is 21.2. The third-order valence-corrected chi connectivity index (χ3v) is 4.22. The molecule has 0 spiro atoms. The molecule has 2 nitrogen and oxygen atoms in total. The summed E-state index contributed by atoms with van der Waals surface area (Å²) < 4.78 is 0. The van der Waals surface area contributed by atoms with E-state index in [-0.39, 0.29) is 6.10 Å². The van der Waals surface area contributed by atoms with Crippen LogP contribution in [0.4, 0.5) is 0 Å². The first-order chi connectivity index (χ1) is 7.38. The van der Waals surface area contributed by atoms with Gasteiger partial charge in [0, 0.05) is 19.6 Å². The number of β-amino-alcohol motifs (C(OH)–C–C–N with tert-alkyl or cyclic N) is 1. The van der Waals surface area contributed by atoms with Crippen molar-refractivity contribution in [1.82, 2.24) is 4.90 Å². The van der Waals surface area contributed by atoms with Crippen LogP contribution in [0.1, 0.15) is 47.5 Å². The Morgan fingerprint density at radius 2 is 1.69 bits per heavy atom. The Hall–Kier alpha value is -0.0800. The first-order valence-electron chi connectivity index (χ1n) is 6.78. The predicted molar refractivity (Wildman–Crippen MR) is 69.5 cm³/mol. The van der Waals surface area contributed by atoms with Crippen LogP contribution in [0.2, 0.25) is 0 Å². The molecular weight excluding hydrogens is 198 g/mol. The van der Waals surface area contributed by atoms with Crippen LogP contribution in [0, 0.1) is 17.3 Å². The molecule has 0 radical (unpaired) electrons. The van der Waals surface area contributed by atoms with Gasteiger partial charge in [0.05, 0.1) is 6.10 Å². The van der Waals surface area contributed by atoms with E-state index in [1.54, 1.807) is 0 Å². The summed E-state index contributed by atoms with van der Waals surface area (Å²) in [5.74, 6) is 1.29. The van der Waals surface area contributed by atoms with Crippen LogP contribution in [0.5, 0.6) is 0 Å². The Balaban J connectivity index is 2.27. The van der Waals surface area contributed by atoms with Gasteiger partial charge in [0.15, 0.2) is 0 Å². The molecule has 1 unspecified atom stereocenters. The quantitative estimate of drug-likeness (QED) is 0.780. The molecule has 0 amide bonds. The molecule has 1 N–H and O–H groups in total. The van der Waals surface area contributed by atoms with E-state index in [0.717, 1.165) is 25.3 Å². The fourth-order valence-electron chi connectivity index (χ4n) is 2.51. The van der Waals surface area contributed by atoms with Gasteiger partial charge < -0.3 is 10.0 Å². The Kier molecular flexibility index (Phi) is 4.81. The van der Waals surface area contributed by atoms with Crippen molar-refractivity contribution in [3.8, 4) is 0 Å². The van der Waals surface area contributed by atoms with Crippen molar-refractivity contribution in [2.45, 2.75) is 53.6 Å². The molecule has 1 saturated heterocycles. The van der Waals surface area contributed by atoms with Gasteiger partial charge in [0.25, 0.3) is 0 Å². The summed E-state index contributed by atoms with van der Waals surface area (Å²) in [5.41, 5.74) is 0.427. The van der Waals surface area contributed by atoms with Gasteiger partial charge >= 0.3 is 0 Å². The maximum absolute atomic E-state index is 10.1. The molecule has 16 heavy (non-hydrogen) atoms. The van der Waals surface area contributed by atoms with E-state index in [1.165, 1.54) is 13.1 Å². The average molecular weight is 227 g/mol. The lowest BCUT2D eigenvalue weighted by molar-refractivity contribution is -0.0220. The molecule has 0 aromatic rings. The van der Waals surface area contributed by atoms with Crippen molar-refractivity contribution in [2.75, 3.05) is 19.6 Å². The number of aliphatic hydroxyl groups excluding tert-OH is 1. The van der Waals surface area contributed by atoms with Crippen LogP contribution in [0.3, 0.4) is 0 Å². The Bertz CT molecular complexity index is 199. The van der Waals surface area contributed by atoms with Crippen molar-refractivity contribution in [3.63, 3.8) is 0 Å². The van der Waals surface area contributed by atoms with Crippen LogP contribution in [0.15, 0.2) is 0 Å². The summed E-state index contributed by atoms with van der Waals surface area (Å²) in [6.45, 7) is 14.5. The second-order valence-electron chi connectivity index (χ2n) is 6.43. The van der Waals surface area contributed by atoms with Crippen LogP contribution in [-0.4, -0.2) is 35.7 Å². The van der Waals surface area contributed by atoms with Crippen molar-refractivity contribution < 1.29 is 5.11 Å². The van der Waals surface area contributed by atoms with Crippen molar-refractivity contribution in [1.29, 1.82) is 0 Å². The molecule has 96 valence electrons. The van der Waals surface area contributed by atoms with E-state index in [4.69, 9.17) is 0 Å². The van der Waals surface area contributed by atoms with Crippen LogP contribution in [0.25, 0.3) is 0 Å². The molecule has 1 rings (SSSR count). The van der Waals surface area contributed by atoms with E-state index in [9.17, 15) is 5.11 Å². The summed E-state index contributed by atoms with van der Waals surface area (Å²) in [7, 11) is 0. The van der Waals surface area contributed by atoms with E-state index < -0.39 is 0 Å². The highest BCUT2D eigenvalue weighted by molar-refractivity contribution is 4.89. The largest absolute Gasteiger partial charge is 0.392 e. The van der Waals surface area contributed by atoms with Crippen LogP contribution < -0.4 is 0 Å². The van der Waals surface area contributed by atoms with E-state index in [1.807, 2.05) is 0 Å². The number of nitrogens with zero attached hydrogens (tertiary/aromatic N) is 1. The highest BCUT2D eigenvalue weighted by Crippen LogP contribution is 2.33. The second-order valence-corrected chi connectivity index (χ2v) is 6.43. The molecule has 0 aromatic carbocycles. The maximum atomic E-state index is 10.1. The molecule has 2 heteroatoms. The lowest BCUT2D eigenvalue weighted by atomic mass is 9.76. The number of likely N-dealkylation sites (tertiary alicyclic amines) is 1. The van der Waals surface area contributed by atoms with Gasteiger partial charge in [0.1, 0.15) is 0 Å². The minimum Gasteiger partial charge on any atom is -0.392 e. The van der Waals surface area contributed by atoms with E-state index in [0.29, 0.717) is 11.3 Å². The molecule has 0 bridgehead atoms. The molecular formula is C14H29NO. The molecule has 1 aliphatic rings. The van der Waals surface area contributed by atoms with E-state index >= 15 is 0 Å². The minimum atomic E-state index is -0.129. The average Bonchev–Trinajstić information content (AvgIpc) is 2.10. The zero-order valence-electron chi connectivity index (χ0n) is 11.7. The Labute approximate surface area is 101 Å². The zero-order chi connectivity index (χ0) is 12.3. The highest BCUT2D eigenvalue weighted by atomic mass is 16.3. The monoisotopic (exact) mass is 227 g/mol. The van der Waals surface area contributed by atoms with Gasteiger partial charge in [-0.05, 0) is 17.3 Å². The topological polar surface area (TPSA) is 23.5 Å². The fraction of sp³-hybridized carbons (Fsp3) is 1.00. The maximum Gasteiger partial charge on any atom is 0.0695 e. The predicted octanol–water partition coefficient (Wildman–Crippen LogP) is 2.76.